The minimum absolute atomic E-state index is 0.324. The normalized spacial score (nSPS) is 10.5. The highest BCUT2D eigenvalue weighted by Crippen LogP contribution is 2.15. The van der Waals surface area contributed by atoms with Gasteiger partial charge in [0.2, 0.25) is 0 Å². The monoisotopic (exact) mass is 255 g/mol. The van der Waals surface area contributed by atoms with Gasteiger partial charge in [0, 0.05) is 6.08 Å². The fourth-order valence-corrected chi connectivity index (χ4v) is 1.71. The molecule has 1 rings (SSSR count). The van der Waals surface area contributed by atoms with Gasteiger partial charge in [0.15, 0.2) is 0 Å². The maximum atomic E-state index is 11.3. The van der Waals surface area contributed by atoms with E-state index < -0.39 is 11.9 Å². The minimum atomic E-state index is -0.430. The van der Waals surface area contributed by atoms with E-state index in [1.54, 1.807) is 13.8 Å². The molecule has 0 radical (unpaired) electrons. The molecule has 0 saturated heterocycles. The average Bonchev–Trinajstić information content (AvgIpc) is 2.76. The van der Waals surface area contributed by atoms with Crippen molar-refractivity contribution in [1.82, 2.24) is 4.98 Å². The smallest absolute Gasteiger partial charge is 0.349 e. The van der Waals surface area contributed by atoms with Crippen LogP contribution >= 0.6 is 11.3 Å². The SMILES string of the molecule is CCOC(=O)C=Cc1ncc(C(=O)OCC)s1. The zero-order valence-corrected chi connectivity index (χ0v) is 10.5. The maximum Gasteiger partial charge on any atom is 0.349 e. The number of nitrogens with zero attached hydrogens (tertiary/aromatic N) is 1. The van der Waals surface area contributed by atoms with Crippen molar-refractivity contribution >= 4 is 29.4 Å². The van der Waals surface area contributed by atoms with Crippen LogP contribution in [0.1, 0.15) is 28.5 Å². The van der Waals surface area contributed by atoms with E-state index in [1.165, 1.54) is 18.3 Å². The van der Waals surface area contributed by atoms with E-state index in [-0.39, 0.29) is 0 Å². The molecule has 17 heavy (non-hydrogen) atoms. The molecule has 0 aliphatic carbocycles. The molecular formula is C11H13NO4S. The number of ether oxygens (including phenoxy) is 2. The third-order valence-corrected chi connectivity index (χ3v) is 2.59. The van der Waals surface area contributed by atoms with Crippen molar-refractivity contribution in [1.29, 1.82) is 0 Å². The average molecular weight is 255 g/mol. The van der Waals surface area contributed by atoms with Gasteiger partial charge in [0.25, 0.3) is 0 Å². The summed E-state index contributed by atoms with van der Waals surface area (Å²) >= 11 is 1.16. The second-order valence-corrected chi connectivity index (χ2v) is 3.93. The van der Waals surface area contributed by atoms with Crippen molar-refractivity contribution < 1.29 is 19.1 Å². The van der Waals surface area contributed by atoms with Crippen LogP contribution in [-0.4, -0.2) is 30.1 Å². The fourth-order valence-electron chi connectivity index (χ4n) is 0.991. The summed E-state index contributed by atoms with van der Waals surface area (Å²) in [6.45, 7) is 4.12. The summed E-state index contributed by atoms with van der Waals surface area (Å²) in [5, 5.41) is 0.557. The molecule has 0 unspecified atom stereocenters. The summed E-state index contributed by atoms with van der Waals surface area (Å²) in [5.74, 6) is -0.832. The third kappa shape index (κ3) is 4.36. The Morgan fingerprint density at radius 1 is 1.35 bits per heavy atom. The van der Waals surface area contributed by atoms with Gasteiger partial charge in [0.05, 0.1) is 19.4 Å². The molecule has 0 aliphatic heterocycles. The minimum Gasteiger partial charge on any atom is -0.463 e. The summed E-state index contributed by atoms with van der Waals surface area (Å²) < 4.78 is 9.54. The molecule has 0 N–H and O–H groups in total. The third-order valence-electron chi connectivity index (χ3n) is 1.65. The Hall–Kier alpha value is -1.69. The summed E-state index contributed by atoms with van der Waals surface area (Å²) in [5.41, 5.74) is 0. The van der Waals surface area contributed by atoms with Crippen LogP contribution in [0, 0.1) is 0 Å². The van der Waals surface area contributed by atoms with Crippen LogP contribution in [0.4, 0.5) is 0 Å². The molecule has 92 valence electrons. The lowest BCUT2D eigenvalue weighted by Crippen LogP contribution is -2.01. The molecule has 0 bridgehead atoms. The van der Waals surface area contributed by atoms with E-state index in [4.69, 9.17) is 9.47 Å². The number of thiazole rings is 1. The van der Waals surface area contributed by atoms with Gasteiger partial charge < -0.3 is 9.47 Å². The van der Waals surface area contributed by atoms with Gasteiger partial charge in [0.1, 0.15) is 9.88 Å². The van der Waals surface area contributed by atoms with Crippen LogP contribution in [0.3, 0.4) is 0 Å². The first-order valence-corrected chi connectivity index (χ1v) is 5.96. The van der Waals surface area contributed by atoms with Crippen molar-refractivity contribution in [2.75, 3.05) is 13.2 Å². The predicted molar refractivity (Wildman–Crippen MR) is 63.7 cm³/mol. The standard InChI is InChI=1S/C11H13NO4S/c1-3-15-10(13)6-5-9-12-7-8(17-9)11(14)16-4-2/h5-7H,3-4H2,1-2H3. The highest BCUT2D eigenvalue weighted by Gasteiger charge is 2.10. The maximum absolute atomic E-state index is 11.3. The van der Waals surface area contributed by atoms with Crippen LogP contribution in [0.5, 0.6) is 0 Å². The summed E-state index contributed by atoms with van der Waals surface area (Å²) in [6, 6.07) is 0. The van der Waals surface area contributed by atoms with Gasteiger partial charge in [-0.3, -0.25) is 0 Å². The van der Waals surface area contributed by atoms with Gasteiger partial charge in [-0.25, -0.2) is 14.6 Å². The van der Waals surface area contributed by atoms with E-state index in [1.807, 2.05) is 0 Å². The number of rotatable bonds is 5. The van der Waals surface area contributed by atoms with Crippen molar-refractivity contribution in [2.45, 2.75) is 13.8 Å². The molecular weight excluding hydrogens is 242 g/mol. The van der Waals surface area contributed by atoms with E-state index in [0.29, 0.717) is 23.1 Å². The molecule has 6 heteroatoms. The molecule has 0 spiro atoms. The van der Waals surface area contributed by atoms with E-state index in [2.05, 4.69) is 4.98 Å². The molecule has 0 aliphatic rings. The Labute approximate surface area is 103 Å². The second kappa shape index (κ2) is 6.80. The zero-order chi connectivity index (χ0) is 12.7. The summed E-state index contributed by atoms with van der Waals surface area (Å²) in [6.07, 6.45) is 4.20. The van der Waals surface area contributed by atoms with Crippen molar-refractivity contribution in [3.63, 3.8) is 0 Å². The van der Waals surface area contributed by atoms with Crippen molar-refractivity contribution in [3.05, 3.63) is 22.2 Å². The first kappa shape index (κ1) is 13.4. The topological polar surface area (TPSA) is 65.5 Å². The summed E-state index contributed by atoms with van der Waals surface area (Å²) in [4.78, 5) is 26.8. The zero-order valence-electron chi connectivity index (χ0n) is 9.63. The molecule has 0 saturated carbocycles. The molecule has 5 nitrogen and oxygen atoms in total. The number of esters is 2. The Kier molecular flexibility index (Phi) is 5.35. The highest BCUT2D eigenvalue weighted by molar-refractivity contribution is 7.14. The molecule has 1 aromatic heterocycles. The lowest BCUT2D eigenvalue weighted by Gasteiger charge is -1.95. The first-order chi connectivity index (χ1) is 8.17. The molecule has 0 aromatic carbocycles. The molecule has 1 heterocycles. The molecule has 0 fully saturated rings. The van der Waals surface area contributed by atoms with Crippen LogP contribution in [0.15, 0.2) is 12.3 Å². The van der Waals surface area contributed by atoms with Gasteiger partial charge in [-0.2, -0.15) is 0 Å². The Bertz CT molecular complexity index is 425. The van der Waals surface area contributed by atoms with E-state index in [0.717, 1.165) is 11.3 Å². The number of hydrogen-bond acceptors (Lipinski definition) is 6. The Morgan fingerprint density at radius 3 is 2.71 bits per heavy atom. The van der Waals surface area contributed by atoms with Crippen LogP contribution < -0.4 is 0 Å². The van der Waals surface area contributed by atoms with Crippen molar-refractivity contribution in [3.8, 4) is 0 Å². The second-order valence-electron chi connectivity index (χ2n) is 2.87. The van der Waals surface area contributed by atoms with E-state index >= 15 is 0 Å². The Balaban J connectivity index is 2.62. The van der Waals surface area contributed by atoms with Gasteiger partial charge in [-0.05, 0) is 19.9 Å². The number of carbonyl (C=O) groups excluding carboxylic acids is 2. The number of carbonyl (C=O) groups is 2. The number of hydrogen-bond donors (Lipinski definition) is 0. The predicted octanol–water partition coefficient (Wildman–Crippen LogP) is 1.90. The van der Waals surface area contributed by atoms with Gasteiger partial charge in [-0.1, -0.05) is 0 Å². The quantitative estimate of drug-likeness (QED) is 0.594. The van der Waals surface area contributed by atoms with Gasteiger partial charge in [-0.15, -0.1) is 11.3 Å². The van der Waals surface area contributed by atoms with Crippen LogP contribution in [0.25, 0.3) is 6.08 Å². The van der Waals surface area contributed by atoms with E-state index in [9.17, 15) is 9.59 Å². The largest absolute Gasteiger partial charge is 0.463 e. The molecule has 0 atom stereocenters. The highest BCUT2D eigenvalue weighted by atomic mass is 32.1. The van der Waals surface area contributed by atoms with Crippen LogP contribution in [0.2, 0.25) is 0 Å². The Morgan fingerprint density at radius 2 is 2.06 bits per heavy atom. The fraction of sp³-hybridized carbons (Fsp3) is 0.364. The van der Waals surface area contributed by atoms with Crippen molar-refractivity contribution in [2.24, 2.45) is 0 Å². The molecule has 1 aromatic rings. The lowest BCUT2D eigenvalue weighted by molar-refractivity contribution is -0.137. The molecule has 0 amide bonds. The van der Waals surface area contributed by atoms with Crippen LogP contribution in [-0.2, 0) is 14.3 Å². The first-order valence-electron chi connectivity index (χ1n) is 5.15. The number of aromatic nitrogens is 1. The van der Waals surface area contributed by atoms with Gasteiger partial charge >= 0.3 is 11.9 Å². The lowest BCUT2D eigenvalue weighted by atomic mass is 10.5. The summed E-state index contributed by atoms with van der Waals surface area (Å²) in [7, 11) is 0.